The van der Waals surface area contributed by atoms with Gasteiger partial charge in [-0.3, -0.25) is 4.21 Å². The summed E-state index contributed by atoms with van der Waals surface area (Å²) < 4.78 is 12.8. The summed E-state index contributed by atoms with van der Waals surface area (Å²) in [4.78, 5) is 2.28. The Labute approximate surface area is 108 Å². The number of nitrogens with zero attached hydrogens (tertiary/aromatic N) is 1. The largest absolute Gasteiger partial charge is 0.357 e. The van der Waals surface area contributed by atoms with E-state index in [1.807, 2.05) is 18.4 Å². The molecule has 1 aromatic carbocycles. The van der Waals surface area contributed by atoms with Gasteiger partial charge in [0, 0.05) is 33.8 Å². The van der Waals surface area contributed by atoms with Crippen LogP contribution in [0.15, 0.2) is 28.7 Å². The van der Waals surface area contributed by atoms with Gasteiger partial charge in [-0.25, -0.2) is 0 Å². The molecule has 88 valence electrons. The molecule has 1 saturated heterocycles. The number of hydrogen-bond donors (Lipinski definition) is 0. The van der Waals surface area contributed by atoms with Gasteiger partial charge in [0.2, 0.25) is 0 Å². The summed E-state index contributed by atoms with van der Waals surface area (Å²) in [7, 11) is -0.774. The molecule has 2 rings (SSSR count). The molecule has 4 heteroatoms. The second kappa shape index (κ2) is 5.32. The molecular weight excluding hydrogens is 286 g/mol. The van der Waals surface area contributed by atoms with E-state index in [0.717, 1.165) is 17.4 Å². The van der Waals surface area contributed by atoms with Gasteiger partial charge < -0.3 is 4.90 Å². The van der Waals surface area contributed by atoms with Crippen LogP contribution in [0.2, 0.25) is 0 Å². The first kappa shape index (κ1) is 12.1. The maximum absolute atomic E-state index is 11.7. The molecule has 0 spiro atoms. The smallest absolute Gasteiger partial charge is 0.104 e. The number of hydrogen-bond acceptors (Lipinski definition) is 2. The lowest BCUT2D eigenvalue weighted by Crippen LogP contribution is -2.42. The zero-order chi connectivity index (χ0) is 11.5. The quantitative estimate of drug-likeness (QED) is 0.836. The van der Waals surface area contributed by atoms with Crippen molar-refractivity contribution in [2.75, 3.05) is 17.7 Å². The molecule has 0 saturated carbocycles. The first-order chi connectivity index (χ1) is 7.68. The number of anilines is 1. The van der Waals surface area contributed by atoms with E-state index < -0.39 is 10.8 Å². The highest BCUT2D eigenvalue weighted by atomic mass is 79.9. The second-order valence-electron chi connectivity index (χ2n) is 4.12. The predicted molar refractivity (Wildman–Crippen MR) is 73.2 cm³/mol. The van der Waals surface area contributed by atoms with Crippen molar-refractivity contribution in [3.63, 3.8) is 0 Å². The molecule has 1 fully saturated rings. The summed E-state index contributed by atoms with van der Waals surface area (Å²) in [6.07, 6.45) is 5.24. The van der Waals surface area contributed by atoms with Crippen LogP contribution in [0.5, 0.6) is 0 Å². The fraction of sp³-hybridized carbons (Fsp3) is 0.500. The molecule has 0 bridgehead atoms. The Morgan fingerprint density at radius 1 is 1.31 bits per heavy atom. The Morgan fingerprint density at radius 3 is 2.62 bits per heavy atom. The van der Waals surface area contributed by atoms with E-state index in [1.165, 1.54) is 18.5 Å². The van der Waals surface area contributed by atoms with E-state index in [-0.39, 0.29) is 5.37 Å². The molecule has 1 aliphatic rings. The number of halogens is 1. The van der Waals surface area contributed by atoms with Crippen LogP contribution in [0.25, 0.3) is 0 Å². The SMILES string of the molecule is CS(=O)C1CCCCN1c1ccc(Br)cc1. The van der Waals surface area contributed by atoms with Gasteiger partial charge in [0.25, 0.3) is 0 Å². The van der Waals surface area contributed by atoms with E-state index in [0.29, 0.717) is 0 Å². The Kier molecular flexibility index (Phi) is 4.03. The van der Waals surface area contributed by atoms with E-state index in [2.05, 4.69) is 33.0 Å². The third kappa shape index (κ3) is 2.66. The van der Waals surface area contributed by atoms with Gasteiger partial charge in [0.1, 0.15) is 5.37 Å². The zero-order valence-corrected chi connectivity index (χ0v) is 11.8. The lowest BCUT2D eigenvalue weighted by Gasteiger charge is -2.36. The normalized spacial score (nSPS) is 23.1. The maximum Gasteiger partial charge on any atom is 0.104 e. The summed E-state index contributed by atoms with van der Waals surface area (Å²) in [6.45, 7) is 1.02. The van der Waals surface area contributed by atoms with Crippen molar-refractivity contribution >= 4 is 32.4 Å². The van der Waals surface area contributed by atoms with Crippen LogP contribution >= 0.6 is 15.9 Å². The third-order valence-corrected chi connectivity index (χ3v) is 4.77. The second-order valence-corrected chi connectivity index (χ2v) is 6.58. The molecule has 0 N–H and O–H groups in total. The van der Waals surface area contributed by atoms with Crippen molar-refractivity contribution in [2.24, 2.45) is 0 Å². The molecule has 0 amide bonds. The van der Waals surface area contributed by atoms with Crippen molar-refractivity contribution in [3.8, 4) is 0 Å². The number of piperidine rings is 1. The maximum atomic E-state index is 11.7. The van der Waals surface area contributed by atoms with Crippen molar-refractivity contribution in [2.45, 2.75) is 24.6 Å². The Bertz CT molecular complexity index is 379. The average molecular weight is 302 g/mol. The van der Waals surface area contributed by atoms with E-state index >= 15 is 0 Å². The molecule has 2 atom stereocenters. The molecular formula is C12H16BrNOS. The van der Waals surface area contributed by atoms with Crippen LogP contribution in [-0.4, -0.2) is 22.4 Å². The monoisotopic (exact) mass is 301 g/mol. The summed E-state index contributed by atoms with van der Waals surface area (Å²) in [5, 5.41) is 0.190. The molecule has 0 radical (unpaired) electrons. The van der Waals surface area contributed by atoms with E-state index in [4.69, 9.17) is 0 Å². The van der Waals surface area contributed by atoms with Crippen molar-refractivity contribution in [3.05, 3.63) is 28.7 Å². The molecule has 2 unspecified atom stereocenters. The summed E-state index contributed by atoms with van der Waals surface area (Å²) in [5.74, 6) is 0. The predicted octanol–water partition coefficient (Wildman–Crippen LogP) is 3.14. The number of benzene rings is 1. The van der Waals surface area contributed by atoms with Crippen LogP contribution in [0, 0.1) is 0 Å². The third-order valence-electron chi connectivity index (χ3n) is 2.99. The topological polar surface area (TPSA) is 20.3 Å². The average Bonchev–Trinajstić information content (AvgIpc) is 2.30. The summed E-state index contributed by atoms with van der Waals surface area (Å²) in [6, 6.07) is 8.27. The van der Waals surface area contributed by atoms with Crippen molar-refractivity contribution in [1.82, 2.24) is 0 Å². The number of rotatable bonds is 2. The van der Waals surface area contributed by atoms with Gasteiger partial charge in [-0.1, -0.05) is 15.9 Å². The molecule has 1 heterocycles. The fourth-order valence-electron chi connectivity index (χ4n) is 2.17. The highest BCUT2D eigenvalue weighted by Gasteiger charge is 2.25. The standard InChI is InChI=1S/C12H16BrNOS/c1-16(15)12-4-2-3-9-14(12)11-7-5-10(13)6-8-11/h5-8,12H,2-4,9H2,1H3. The first-order valence-electron chi connectivity index (χ1n) is 5.53. The Morgan fingerprint density at radius 2 is 2.00 bits per heavy atom. The minimum atomic E-state index is -0.774. The van der Waals surface area contributed by atoms with Gasteiger partial charge in [-0.05, 0) is 43.5 Å². The van der Waals surface area contributed by atoms with Crippen molar-refractivity contribution < 1.29 is 4.21 Å². The Balaban J connectivity index is 2.23. The van der Waals surface area contributed by atoms with Crippen LogP contribution in [-0.2, 0) is 10.8 Å². The lowest BCUT2D eigenvalue weighted by molar-refractivity contribution is 0.538. The fourth-order valence-corrected chi connectivity index (χ4v) is 3.52. The highest BCUT2D eigenvalue weighted by molar-refractivity contribution is 9.10. The molecule has 2 nitrogen and oxygen atoms in total. The first-order valence-corrected chi connectivity index (χ1v) is 7.94. The van der Waals surface area contributed by atoms with Gasteiger partial charge in [0.15, 0.2) is 0 Å². The molecule has 1 aliphatic heterocycles. The molecule has 0 aliphatic carbocycles. The van der Waals surface area contributed by atoms with Gasteiger partial charge in [0.05, 0.1) is 0 Å². The molecule has 16 heavy (non-hydrogen) atoms. The van der Waals surface area contributed by atoms with Gasteiger partial charge >= 0.3 is 0 Å². The highest BCUT2D eigenvalue weighted by Crippen LogP contribution is 2.27. The van der Waals surface area contributed by atoms with E-state index in [9.17, 15) is 4.21 Å². The summed E-state index contributed by atoms with van der Waals surface area (Å²) in [5.41, 5.74) is 1.18. The molecule has 1 aromatic rings. The zero-order valence-electron chi connectivity index (χ0n) is 9.36. The van der Waals surface area contributed by atoms with Gasteiger partial charge in [-0.15, -0.1) is 0 Å². The minimum absolute atomic E-state index is 0.190. The van der Waals surface area contributed by atoms with Gasteiger partial charge in [-0.2, -0.15) is 0 Å². The summed E-state index contributed by atoms with van der Waals surface area (Å²) >= 11 is 3.43. The van der Waals surface area contributed by atoms with Crippen molar-refractivity contribution in [1.29, 1.82) is 0 Å². The van der Waals surface area contributed by atoms with E-state index in [1.54, 1.807) is 0 Å². The lowest BCUT2D eigenvalue weighted by atomic mass is 10.1. The molecule has 0 aromatic heterocycles. The minimum Gasteiger partial charge on any atom is -0.357 e. The Hall–Kier alpha value is -0.350. The van der Waals surface area contributed by atoms with Crippen LogP contribution in [0.4, 0.5) is 5.69 Å². The van der Waals surface area contributed by atoms with Crippen LogP contribution in [0.3, 0.4) is 0 Å². The van der Waals surface area contributed by atoms with Crippen LogP contribution < -0.4 is 4.90 Å². The van der Waals surface area contributed by atoms with Crippen LogP contribution in [0.1, 0.15) is 19.3 Å².